The molecule has 0 saturated heterocycles. The maximum absolute atomic E-state index is 13.9. The molecule has 4 rings (SSSR count). The average molecular weight is 405 g/mol. The highest BCUT2D eigenvalue weighted by Crippen LogP contribution is 2.25. The Kier molecular flexibility index (Phi) is 5.30. The lowest BCUT2D eigenvalue weighted by molar-refractivity contribution is 0.0946. The number of benzene rings is 2. The van der Waals surface area contributed by atoms with Crippen LogP contribution in [0, 0.1) is 18.6 Å². The van der Waals surface area contributed by atoms with Gasteiger partial charge in [0.05, 0.1) is 5.69 Å². The zero-order valence-corrected chi connectivity index (χ0v) is 16.0. The van der Waals surface area contributed by atoms with Crippen molar-refractivity contribution in [2.45, 2.75) is 13.5 Å². The summed E-state index contributed by atoms with van der Waals surface area (Å²) in [5.41, 5.74) is 3.13. The fraction of sp³-hybridized carbons (Fsp3) is 0.0909. The molecule has 2 heterocycles. The van der Waals surface area contributed by atoms with Crippen LogP contribution in [-0.2, 0) is 6.54 Å². The van der Waals surface area contributed by atoms with Gasteiger partial charge in [0.25, 0.3) is 5.91 Å². The van der Waals surface area contributed by atoms with E-state index in [1.54, 1.807) is 29.2 Å². The average Bonchev–Trinajstić information content (AvgIpc) is 3.19. The van der Waals surface area contributed by atoms with E-state index in [0.717, 1.165) is 23.4 Å². The highest BCUT2D eigenvalue weighted by Gasteiger charge is 2.22. The minimum absolute atomic E-state index is 0.0759. The number of carbonyl (C=O) groups excluding carboxylic acids is 1. The number of halogens is 2. The molecule has 2 aromatic carbocycles. The van der Waals surface area contributed by atoms with Crippen LogP contribution >= 0.6 is 0 Å². The standard InChI is InChI=1S/C22H17F2N5O/c1-14-4-2-6-18(10-14)29-21(16-5-3-9-25-12-16)20(27-28-29)22(30)26-13-15-7-8-17(23)11-19(15)24/h2-12H,13H2,1H3,(H,26,30). The molecule has 1 amide bonds. The van der Waals surface area contributed by atoms with E-state index >= 15 is 0 Å². The Morgan fingerprint density at radius 2 is 1.97 bits per heavy atom. The van der Waals surface area contributed by atoms with Crippen molar-refractivity contribution in [1.82, 2.24) is 25.3 Å². The van der Waals surface area contributed by atoms with Crippen LogP contribution in [0.5, 0.6) is 0 Å². The van der Waals surface area contributed by atoms with Crippen LogP contribution < -0.4 is 5.32 Å². The summed E-state index contributed by atoms with van der Waals surface area (Å²) in [4.78, 5) is 17.0. The van der Waals surface area contributed by atoms with Gasteiger partial charge in [0.1, 0.15) is 17.3 Å². The Balaban J connectivity index is 1.70. The van der Waals surface area contributed by atoms with Gasteiger partial charge in [-0.2, -0.15) is 0 Å². The lowest BCUT2D eigenvalue weighted by atomic mass is 10.1. The first-order valence-corrected chi connectivity index (χ1v) is 9.18. The fourth-order valence-corrected chi connectivity index (χ4v) is 3.06. The molecule has 6 nitrogen and oxygen atoms in total. The molecule has 0 fully saturated rings. The van der Waals surface area contributed by atoms with Gasteiger partial charge in [-0.3, -0.25) is 9.78 Å². The Labute approximate surface area is 171 Å². The predicted molar refractivity (Wildman–Crippen MR) is 107 cm³/mol. The number of aryl methyl sites for hydroxylation is 1. The van der Waals surface area contributed by atoms with Crippen LogP contribution in [0.1, 0.15) is 21.6 Å². The molecule has 0 unspecified atom stereocenters. The van der Waals surface area contributed by atoms with Gasteiger partial charge >= 0.3 is 0 Å². The lowest BCUT2D eigenvalue weighted by Crippen LogP contribution is -2.24. The predicted octanol–water partition coefficient (Wildman–Crippen LogP) is 3.85. The molecule has 0 aliphatic rings. The van der Waals surface area contributed by atoms with Crippen molar-refractivity contribution in [2.24, 2.45) is 0 Å². The molecule has 4 aromatic rings. The number of amides is 1. The summed E-state index contributed by atoms with van der Waals surface area (Å²) in [6, 6.07) is 14.4. The van der Waals surface area contributed by atoms with Gasteiger partial charge in [0.2, 0.25) is 0 Å². The highest BCUT2D eigenvalue weighted by molar-refractivity contribution is 5.98. The van der Waals surface area contributed by atoms with E-state index in [2.05, 4.69) is 20.6 Å². The summed E-state index contributed by atoms with van der Waals surface area (Å²) in [5.74, 6) is -1.94. The Morgan fingerprint density at radius 3 is 2.70 bits per heavy atom. The number of nitrogens with zero attached hydrogens (tertiary/aromatic N) is 4. The minimum Gasteiger partial charge on any atom is -0.346 e. The zero-order valence-electron chi connectivity index (χ0n) is 16.0. The van der Waals surface area contributed by atoms with E-state index < -0.39 is 17.5 Å². The third kappa shape index (κ3) is 3.93. The largest absolute Gasteiger partial charge is 0.346 e. The summed E-state index contributed by atoms with van der Waals surface area (Å²) in [6.07, 6.45) is 3.24. The van der Waals surface area contributed by atoms with Crippen molar-refractivity contribution in [3.8, 4) is 16.9 Å². The zero-order chi connectivity index (χ0) is 21.1. The molecule has 8 heteroatoms. The molecule has 0 aliphatic heterocycles. The molecule has 2 aromatic heterocycles. The van der Waals surface area contributed by atoms with E-state index in [1.807, 2.05) is 31.2 Å². The van der Waals surface area contributed by atoms with E-state index in [9.17, 15) is 13.6 Å². The molecule has 0 atom stereocenters. The van der Waals surface area contributed by atoms with Gasteiger partial charge in [-0.15, -0.1) is 5.10 Å². The van der Waals surface area contributed by atoms with Crippen molar-refractivity contribution in [3.05, 3.63) is 95.4 Å². The van der Waals surface area contributed by atoms with Crippen molar-refractivity contribution >= 4 is 5.91 Å². The number of hydrogen-bond acceptors (Lipinski definition) is 4. The normalized spacial score (nSPS) is 10.8. The second kappa shape index (κ2) is 8.20. The Morgan fingerprint density at radius 1 is 1.10 bits per heavy atom. The minimum atomic E-state index is -0.730. The molecule has 0 aliphatic carbocycles. The van der Waals surface area contributed by atoms with Crippen LogP contribution in [0.3, 0.4) is 0 Å². The first-order chi connectivity index (χ1) is 14.5. The third-order valence-corrected chi connectivity index (χ3v) is 4.52. The molecule has 0 bridgehead atoms. The van der Waals surface area contributed by atoms with E-state index in [-0.39, 0.29) is 17.8 Å². The van der Waals surface area contributed by atoms with E-state index in [4.69, 9.17) is 0 Å². The number of hydrogen-bond donors (Lipinski definition) is 1. The summed E-state index contributed by atoms with van der Waals surface area (Å²) in [7, 11) is 0. The van der Waals surface area contributed by atoms with Crippen molar-refractivity contribution in [3.63, 3.8) is 0 Å². The SMILES string of the molecule is Cc1cccc(-n2nnc(C(=O)NCc3ccc(F)cc3F)c2-c2cccnc2)c1. The first kappa shape index (κ1) is 19.4. The first-order valence-electron chi connectivity index (χ1n) is 9.18. The monoisotopic (exact) mass is 405 g/mol. The van der Waals surface area contributed by atoms with Crippen LogP contribution in [0.4, 0.5) is 8.78 Å². The van der Waals surface area contributed by atoms with Crippen molar-refractivity contribution in [2.75, 3.05) is 0 Å². The molecule has 1 N–H and O–H groups in total. The van der Waals surface area contributed by atoms with Gasteiger partial charge in [0, 0.05) is 36.1 Å². The van der Waals surface area contributed by atoms with Crippen molar-refractivity contribution < 1.29 is 13.6 Å². The van der Waals surface area contributed by atoms with Gasteiger partial charge in [-0.25, -0.2) is 13.5 Å². The molecule has 0 spiro atoms. The van der Waals surface area contributed by atoms with Crippen molar-refractivity contribution in [1.29, 1.82) is 0 Å². The molecule has 0 radical (unpaired) electrons. The summed E-state index contributed by atoms with van der Waals surface area (Å²) in [5, 5.41) is 10.9. The smallest absolute Gasteiger partial charge is 0.274 e. The molecular formula is C22H17F2N5O. The fourth-order valence-electron chi connectivity index (χ4n) is 3.06. The van der Waals surface area contributed by atoms with Gasteiger partial charge in [-0.1, -0.05) is 23.4 Å². The number of carbonyl (C=O) groups is 1. The topological polar surface area (TPSA) is 72.7 Å². The summed E-state index contributed by atoms with van der Waals surface area (Å²) in [6.45, 7) is 1.84. The number of pyridine rings is 1. The van der Waals surface area contributed by atoms with Crippen LogP contribution in [0.25, 0.3) is 16.9 Å². The molecular weight excluding hydrogens is 388 g/mol. The lowest BCUT2D eigenvalue weighted by Gasteiger charge is -2.09. The molecule has 0 saturated carbocycles. The van der Waals surface area contributed by atoms with Gasteiger partial charge in [0.15, 0.2) is 5.69 Å². The maximum Gasteiger partial charge on any atom is 0.274 e. The quantitative estimate of drug-likeness (QED) is 0.548. The highest BCUT2D eigenvalue weighted by atomic mass is 19.1. The van der Waals surface area contributed by atoms with Crippen LogP contribution in [0.15, 0.2) is 67.0 Å². The second-order valence-electron chi connectivity index (χ2n) is 6.70. The second-order valence-corrected chi connectivity index (χ2v) is 6.70. The van der Waals surface area contributed by atoms with Crippen LogP contribution in [0.2, 0.25) is 0 Å². The third-order valence-electron chi connectivity index (χ3n) is 4.52. The number of aromatic nitrogens is 4. The van der Waals surface area contributed by atoms with E-state index in [0.29, 0.717) is 11.3 Å². The molecule has 30 heavy (non-hydrogen) atoms. The van der Waals surface area contributed by atoms with Gasteiger partial charge < -0.3 is 5.32 Å². The van der Waals surface area contributed by atoms with E-state index in [1.165, 1.54) is 6.07 Å². The Bertz CT molecular complexity index is 1210. The molecule has 150 valence electrons. The summed E-state index contributed by atoms with van der Waals surface area (Å²) < 4.78 is 28.5. The number of nitrogens with one attached hydrogen (secondary N) is 1. The van der Waals surface area contributed by atoms with Crippen LogP contribution in [-0.4, -0.2) is 25.9 Å². The Hall–Kier alpha value is -3.94. The van der Waals surface area contributed by atoms with Gasteiger partial charge in [-0.05, 0) is 42.8 Å². The summed E-state index contributed by atoms with van der Waals surface area (Å²) >= 11 is 0. The number of rotatable bonds is 5. The maximum atomic E-state index is 13.9.